The average Bonchev–Trinajstić information content (AvgIpc) is 3.19. The third kappa shape index (κ3) is 8.38. The Morgan fingerprint density at radius 3 is 2.49 bits per heavy atom. The van der Waals surface area contributed by atoms with Gasteiger partial charge in [-0.25, -0.2) is 9.59 Å². The molecule has 0 aromatic heterocycles. The first kappa shape index (κ1) is 31.8. The van der Waals surface area contributed by atoms with Crippen LogP contribution in [-0.2, 0) is 23.9 Å². The number of hydrogen-bond donors (Lipinski definition) is 1. The largest absolute Gasteiger partial charge is 0.490 e. The van der Waals surface area contributed by atoms with E-state index in [1.807, 2.05) is 6.92 Å². The highest BCUT2D eigenvalue weighted by Crippen LogP contribution is 2.39. The molecule has 3 rings (SSSR count). The lowest BCUT2D eigenvalue weighted by molar-refractivity contribution is -0.143. The number of nitrogens with zero attached hydrogens (tertiary/aromatic N) is 1. The monoisotopic (exact) mass is 624 g/mol. The number of esters is 2. The third-order valence-corrected chi connectivity index (χ3v) is 6.79. The quantitative estimate of drug-likeness (QED) is 0.248. The standard InChI is InChI=1S/C27H26Cl2N2O9S/c1-4-8-39-26(35)17-12-16(6-7-18(17)28)30-22(32)13-31-25(34)21(41-27(31)36)11-15-9-19(29)24(20(10-15)38-5-2)40-14-23(33)37-3/h6-7,9-12H,4-5,8,13-14H2,1-3H3,(H,30,32)/b21-11-. The van der Waals surface area contributed by atoms with Crippen molar-refractivity contribution in [1.29, 1.82) is 0 Å². The van der Waals surface area contributed by atoms with Crippen molar-refractivity contribution in [1.82, 2.24) is 4.90 Å². The maximum Gasteiger partial charge on any atom is 0.343 e. The first-order valence-electron chi connectivity index (χ1n) is 12.3. The van der Waals surface area contributed by atoms with Crippen LogP contribution >= 0.6 is 35.0 Å². The Hall–Kier alpha value is -3.74. The summed E-state index contributed by atoms with van der Waals surface area (Å²) in [4.78, 5) is 62.8. The average molecular weight is 625 g/mol. The van der Waals surface area contributed by atoms with Crippen LogP contribution in [0, 0.1) is 0 Å². The van der Waals surface area contributed by atoms with Crippen molar-refractivity contribution in [2.45, 2.75) is 20.3 Å². The molecule has 14 heteroatoms. The number of carbonyl (C=O) groups excluding carboxylic acids is 5. The van der Waals surface area contributed by atoms with E-state index in [0.29, 0.717) is 23.7 Å². The van der Waals surface area contributed by atoms with Gasteiger partial charge in [0.25, 0.3) is 11.1 Å². The van der Waals surface area contributed by atoms with Crippen molar-refractivity contribution in [2.75, 3.05) is 38.8 Å². The molecule has 0 bridgehead atoms. The van der Waals surface area contributed by atoms with Crippen LogP contribution in [0.15, 0.2) is 35.2 Å². The van der Waals surface area contributed by atoms with Crippen molar-refractivity contribution in [3.63, 3.8) is 0 Å². The number of rotatable bonds is 12. The minimum atomic E-state index is -0.685. The highest BCUT2D eigenvalue weighted by molar-refractivity contribution is 8.18. The molecule has 0 radical (unpaired) electrons. The molecular formula is C27H26Cl2N2O9S. The fourth-order valence-electron chi connectivity index (χ4n) is 3.43. The molecule has 0 saturated carbocycles. The van der Waals surface area contributed by atoms with Gasteiger partial charge in [0.15, 0.2) is 18.1 Å². The number of anilines is 1. The molecule has 11 nitrogen and oxygen atoms in total. The number of halogens is 2. The van der Waals surface area contributed by atoms with E-state index in [-0.39, 0.29) is 50.9 Å². The van der Waals surface area contributed by atoms with Crippen LogP contribution < -0.4 is 14.8 Å². The molecular weight excluding hydrogens is 599 g/mol. The van der Waals surface area contributed by atoms with Gasteiger partial charge in [-0.3, -0.25) is 19.3 Å². The number of ether oxygens (including phenoxy) is 4. The minimum absolute atomic E-state index is 0.0528. The Labute approximate surface area is 250 Å². The molecule has 1 aliphatic heterocycles. The lowest BCUT2D eigenvalue weighted by Crippen LogP contribution is -2.36. The molecule has 0 unspecified atom stereocenters. The Kier molecular flexibility index (Phi) is 11.4. The molecule has 1 N–H and O–H groups in total. The van der Waals surface area contributed by atoms with E-state index in [9.17, 15) is 24.0 Å². The molecule has 41 heavy (non-hydrogen) atoms. The van der Waals surface area contributed by atoms with Crippen molar-refractivity contribution < 1.29 is 42.9 Å². The van der Waals surface area contributed by atoms with Gasteiger partial charge in [-0.15, -0.1) is 0 Å². The van der Waals surface area contributed by atoms with Gasteiger partial charge in [-0.1, -0.05) is 30.1 Å². The van der Waals surface area contributed by atoms with E-state index >= 15 is 0 Å². The second kappa shape index (κ2) is 14.8. The van der Waals surface area contributed by atoms with Crippen molar-refractivity contribution in [2.24, 2.45) is 0 Å². The summed E-state index contributed by atoms with van der Waals surface area (Å²) in [5, 5.41) is 2.15. The Morgan fingerprint density at radius 2 is 1.80 bits per heavy atom. The number of nitrogens with one attached hydrogen (secondary N) is 1. The maximum absolute atomic E-state index is 13.0. The van der Waals surface area contributed by atoms with E-state index in [1.165, 1.54) is 43.5 Å². The molecule has 2 aromatic rings. The van der Waals surface area contributed by atoms with Gasteiger partial charge in [0.2, 0.25) is 5.91 Å². The second-order valence-corrected chi connectivity index (χ2v) is 10.1. The van der Waals surface area contributed by atoms with E-state index in [2.05, 4.69) is 10.1 Å². The fourth-order valence-corrected chi connectivity index (χ4v) is 4.73. The summed E-state index contributed by atoms with van der Waals surface area (Å²) in [7, 11) is 1.22. The van der Waals surface area contributed by atoms with E-state index in [4.69, 9.17) is 37.4 Å². The normalized spacial score (nSPS) is 13.8. The Bertz CT molecular complexity index is 1400. The van der Waals surface area contributed by atoms with Crippen molar-refractivity contribution in [3.8, 4) is 11.5 Å². The highest BCUT2D eigenvalue weighted by Gasteiger charge is 2.36. The summed E-state index contributed by atoms with van der Waals surface area (Å²) in [6.07, 6.45) is 2.05. The molecule has 1 fully saturated rings. The molecule has 1 aliphatic rings. The van der Waals surface area contributed by atoms with E-state index < -0.39 is 42.1 Å². The first-order valence-corrected chi connectivity index (χ1v) is 13.8. The number of methoxy groups -OCH3 is 1. The minimum Gasteiger partial charge on any atom is -0.490 e. The molecule has 0 atom stereocenters. The van der Waals surface area contributed by atoms with E-state index in [0.717, 1.165) is 4.90 Å². The predicted octanol–water partition coefficient (Wildman–Crippen LogP) is 5.19. The number of amides is 3. The molecule has 3 amide bonds. The zero-order valence-electron chi connectivity index (χ0n) is 22.3. The van der Waals surface area contributed by atoms with Crippen molar-refractivity contribution in [3.05, 3.63) is 56.4 Å². The molecule has 0 spiro atoms. The van der Waals surface area contributed by atoms with Gasteiger partial charge in [0.05, 0.1) is 40.8 Å². The summed E-state index contributed by atoms with van der Waals surface area (Å²) in [6.45, 7) is 3.10. The summed E-state index contributed by atoms with van der Waals surface area (Å²) >= 11 is 13.1. The Balaban J connectivity index is 1.73. The van der Waals surface area contributed by atoms with Gasteiger partial charge >= 0.3 is 11.9 Å². The number of carbonyl (C=O) groups is 5. The van der Waals surface area contributed by atoms with Crippen LogP contribution in [0.4, 0.5) is 10.5 Å². The summed E-state index contributed by atoms with van der Waals surface area (Å²) in [6, 6.07) is 7.26. The van der Waals surface area contributed by atoms with Gasteiger partial charge in [-0.2, -0.15) is 0 Å². The number of imide groups is 1. The molecule has 0 aliphatic carbocycles. The van der Waals surface area contributed by atoms with Crippen LogP contribution in [-0.4, -0.2) is 67.4 Å². The van der Waals surface area contributed by atoms with Gasteiger partial charge in [0, 0.05) is 5.69 Å². The second-order valence-electron chi connectivity index (χ2n) is 8.27. The lowest BCUT2D eigenvalue weighted by atomic mass is 10.1. The molecule has 1 heterocycles. The number of thioether (sulfide) groups is 1. The number of benzene rings is 2. The van der Waals surface area contributed by atoms with Gasteiger partial charge in [-0.05, 0) is 67.1 Å². The fraction of sp³-hybridized carbons (Fsp3) is 0.296. The van der Waals surface area contributed by atoms with Crippen LogP contribution in [0.5, 0.6) is 11.5 Å². The maximum atomic E-state index is 13.0. The van der Waals surface area contributed by atoms with Crippen LogP contribution in [0.3, 0.4) is 0 Å². The zero-order valence-corrected chi connectivity index (χ0v) is 24.6. The van der Waals surface area contributed by atoms with Crippen LogP contribution in [0.2, 0.25) is 10.0 Å². The number of hydrogen-bond acceptors (Lipinski definition) is 10. The smallest absolute Gasteiger partial charge is 0.343 e. The lowest BCUT2D eigenvalue weighted by Gasteiger charge is -2.14. The highest BCUT2D eigenvalue weighted by atomic mass is 35.5. The van der Waals surface area contributed by atoms with Crippen LogP contribution in [0.1, 0.15) is 36.2 Å². The first-order chi connectivity index (χ1) is 19.6. The summed E-state index contributed by atoms with van der Waals surface area (Å²) in [5.41, 5.74) is 0.722. The molecule has 1 saturated heterocycles. The van der Waals surface area contributed by atoms with Crippen LogP contribution in [0.25, 0.3) is 6.08 Å². The third-order valence-electron chi connectivity index (χ3n) is 5.27. The van der Waals surface area contributed by atoms with Gasteiger partial charge in [0.1, 0.15) is 6.54 Å². The molecule has 2 aromatic carbocycles. The predicted molar refractivity (Wildman–Crippen MR) is 153 cm³/mol. The summed E-state index contributed by atoms with van der Waals surface area (Å²) < 4.78 is 20.6. The van der Waals surface area contributed by atoms with Crippen molar-refractivity contribution >= 4 is 75.7 Å². The van der Waals surface area contributed by atoms with E-state index in [1.54, 1.807) is 6.92 Å². The zero-order chi connectivity index (χ0) is 30.1. The topological polar surface area (TPSA) is 138 Å². The summed E-state index contributed by atoms with van der Waals surface area (Å²) in [5.74, 6) is -2.27. The Morgan fingerprint density at radius 1 is 1.05 bits per heavy atom. The molecule has 218 valence electrons. The SMILES string of the molecule is CCCOC(=O)c1cc(NC(=O)CN2C(=O)S/C(=C\c3cc(Cl)c(OCC(=O)OC)c(OCC)c3)C2=O)ccc1Cl. The van der Waals surface area contributed by atoms with Gasteiger partial charge < -0.3 is 24.3 Å².